The molecule has 2 amide bonds. The Kier molecular flexibility index (Phi) is 6.95. The highest BCUT2D eigenvalue weighted by Gasteiger charge is 2.24. The van der Waals surface area contributed by atoms with Crippen LogP contribution in [-0.2, 0) is 4.79 Å². The van der Waals surface area contributed by atoms with E-state index in [9.17, 15) is 19.7 Å². The number of rotatable bonds is 6. The first-order valence-corrected chi connectivity index (χ1v) is 10.1. The quantitative estimate of drug-likeness (QED) is 0.428. The van der Waals surface area contributed by atoms with E-state index in [0.717, 1.165) is 25.7 Å². The number of amides is 2. The first-order valence-electron chi connectivity index (χ1n) is 10.1. The minimum atomic E-state index is -0.474. The van der Waals surface area contributed by atoms with Crippen molar-refractivity contribution in [3.05, 3.63) is 75.8 Å². The van der Waals surface area contributed by atoms with E-state index >= 15 is 0 Å². The molecule has 2 aromatic rings. The molecule has 7 heteroatoms. The number of non-ortho nitro benzene ring substituents is 1. The van der Waals surface area contributed by atoms with Crippen LogP contribution < -0.4 is 5.32 Å². The number of para-hydroxylation sites is 1. The molecule has 0 aromatic heterocycles. The van der Waals surface area contributed by atoms with Crippen molar-refractivity contribution < 1.29 is 14.5 Å². The zero-order valence-electron chi connectivity index (χ0n) is 16.9. The number of nitro benzene ring substituents is 1. The Balaban J connectivity index is 1.68. The summed E-state index contributed by atoms with van der Waals surface area (Å²) in [5.41, 5.74) is 1.58. The van der Waals surface area contributed by atoms with E-state index in [4.69, 9.17) is 0 Å². The van der Waals surface area contributed by atoms with Gasteiger partial charge in [-0.3, -0.25) is 19.7 Å². The van der Waals surface area contributed by atoms with Crippen molar-refractivity contribution in [1.82, 2.24) is 4.90 Å². The molecule has 156 valence electrons. The fourth-order valence-electron chi connectivity index (χ4n) is 3.66. The van der Waals surface area contributed by atoms with Crippen LogP contribution in [0.3, 0.4) is 0 Å². The number of benzene rings is 2. The molecule has 3 rings (SSSR count). The number of hydrogen-bond donors (Lipinski definition) is 1. The number of carbonyl (C=O) groups excluding carboxylic acids is 2. The van der Waals surface area contributed by atoms with E-state index in [1.807, 2.05) is 7.05 Å². The first kappa shape index (κ1) is 21.2. The molecular formula is C23H25N3O4. The van der Waals surface area contributed by atoms with Crippen LogP contribution in [0.1, 0.15) is 48.0 Å². The van der Waals surface area contributed by atoms with Crippen LogP contribution in [0.5, 0.6) is 0 Å². The first-order chi connectivity index (χ1) is 14.5. The van der Waals surface area contributed by atoms with Crippen molar-refractivity contribution in [2.45, 2.75) is 38.1 Å². The van der Waals surface area contributed by atoms with Gasteiger partial charge in [0.2, 0.25) is 5.91 Å². The SMILES string of the molecule is CN(C(=O)c1ccccc1NC(=O)/C=C/c1ccc([N+](=O)[O-])cc1)C1CCCCC1. The summed E-state index contributed by atoms with van der Waals surface area (Å²) in [7, 11) is 1.82. The van der Waals surface area contributed by atoms with Crippen molar-refractivity contribution >= 4 is 29.3 Å². The lowest BCUT2D eigenvalue weighted by molar-refractivity contribution is -0.384. The molecule has 0 radical (unpaired) electrons. The van der Waals surface area contributed by atoms with Gasteiger partial charge in [-0.05, 0) is 48.7 Å². The van der Waals surface area contributed by atoms with Crippen LogP contribution in [0.2, 0.25) is 0 Å². The Labute approximate surface area is 175 Å². The van der Waals surface area contributed by atoms with E-state index in [-0.39, 0.29) is 23.5 Å². The summed E-state index contributed by atoms with van der Waals surface area (Å²) in [4.78, 5) is 37.4. The van der Waals surface area contributed by atoms with Gasteiger partial charge in [-0.25, -0.2) is 0 Å². The third kappa shape index (κ3) is 5.31. The van der Waals surface area contributed by atoms with Crippen LogP contribution in [0.25, 0.3) is 6.08 Å². The fourth-order valence-corrected chi connectivity index (χ4v) is 3.66. The zero-order chi connectivity index (χ0) is 21.5. The van der Waals surface area contributed by atoms with Crippen LogP contribution >= 0.6 is 0 Å². The molecule has 0 bridgehead atoms. The molecule has 0 spiro atoms. The lowest BCUT2D eigenvalue weighted by Crippen LogP contribution is -2.38. The zero-order valence-corrected chi connectivity index (χ0v) is 16.9. The largest absolute Gasteiger partial charge is 0.339 e. The smallest absolute Gasteiger partial charge is 0.269 e. The molecule has 0 unspecified atom stereocenters. The lowest BCUT2D eigenvalue weighted by atomic mass is 9.94. The number of nitrogens with one attached hydrogen (secondary N) is 1. The number of anilines is 1. The standard InChI is InChI=1S/C23H25N3O4/c1-25(18-7-3-2-4-8-18)23(28)20-9-5-6-10-21(20)24-22(27)16-13-17-11-14-19(15-12-17)26(29)30/h5-6,9-16,18H,2-4,7-8H2,1H3,(H,24,27)/b16-13+. The molecule has 0 aliphatic heterocycles. The molecule has 7 nitrogen and oxygen atoms in total. The molecule has 2 aromatic carbocycles. The number of carbonyl (C=O) groups is 2. The Morgan fingerprint density at radius 1 is 1.07 bits per heavy atom. The Morgan fingerprint density at radius 3 is 2.40 bits per heavy atom. The molecule has 1 aliphatic carbocycles. The summed E-state index contributed by atoms with van der Waals surface area (Å²) in [5.74, 6) is -0.480. The topological polar surface area (TPSA) is 92.6 Å². The van der Waals surface area contributed by atoms with Crippen molar-refractivity contribution in [1.29, 1.82) is 0 Å². The third-order valence-electron chi connectivity index (χ3n) is 5.39. The highest BCUT2D eigenvalue weighted by atomic mass is 16.6. The van der Waals surface area contributed by atoms with Gasteiger partial charge in [0.25, 0.3) is 11.6 Å². The summed E-state index contributed by atoms with van der Waals surface area (Å²) >= 11 is 0. The molecule has 0 saturated heterocycles. The van der Waals surface area contributed by atoms with Gasteiger partial charge in [0.15, 0.2) is 0 Å². The second kappa shape index (κ2) is 9.82. The van der Waals surface area contributed by atoms with Crippen LogP contribution in [0, 0.1) is 10.1 Å². The molecule has 0 heterocycles. The van der Waals surface area contributed by atoms with Crippen LogP contribution in [-0.4, -0.2) is 34.7 Å². The molecular weight excluding hydrogens is 382 g/mol. The highest BCUT2D eigenvalue weighted by Crippen LogP contribution is 2.25. The number of nitro groups is 1. The van der Waals surface area contributed by atoms with Gasteiger partial charge in [0, 0.05) is 31.3 Å². The maximum atomic E-state index is 13.0. The van der Waals surface area contributed by atoms with Crippen LogP contribution in [0.15, 0.2) is 54.6 Å². The van der Waals surface area contributed by atoms with E-state index in [0.29, 0.717) is 16.8 Å². The van der Waals surface area contributed by atoms with E-state index < -0.39 is 4.92 Å². The molecule has 30 heavy (non-hydrogen) atoms. The maximum Gasteiger partial charge on any atom is 0.269 e. The molecule has 1 saturated carbocycles. The molecule has 1 N–H and O–H groups in total. The second-order valence-electron chi connectivity index (χ2n) is 7.42. The van der Waals surface area contributed by atoms with Crippen molar-refractivity contribution in [3.8, 4) is 0 Å². The van der Waals surface area contributed by atoms with Crippen molar-refractivity contribution in [2.24, 2.45) is 0 Å². The van der Waals surface area contributed by atoms with Gasteiger partial charge in [-0.2, -0.15) is 0 Å². The predicted molar refractivity (Wildman–Crippen MR) is 116 cm³/mol. The Morgan fingerprint density at radius 2 is 1.73 bits per heavy atom. The molecule has 0 atom stereocenters. The van der Waals surface area contributed by atoms with Gasteiger partial charge in [-0.1, -0.05) is 31.4 Å². The maximum absolute atomic E-state index is 13.0. The third-order valence-corrected chi connectivity index (χ3v) is 5.39. The van der Waals surface area contributed by atoms with Crippen molar-refractivity contribution in [2.75, 3.05) is 12.4 Å². The average Bonchev–Trinajstić information content (AvgIpc) is 2.78. The summed E-state index contributed by atoms with van der Waals surface area (Å²) in [6.07, 6.45) is 8.41. The second-order valence-corrected chi connectivity index (χ2v) is 7.42. The number of hydrogen-bond acceptors (Lipinski definition) is 4. The highest BCUT2D eigenvalue weighted by molar-refractivity contribution is 6.07. The Hall–Kier alpha value is -3.48. The summed E-state index contributed by atoms with van der Waals surface area (Å²) < 4.78 is 0. The molecule has 1 fully saturated rings. The normalized spacial score (nSPS) is 14.4. The van der Waals surface area contributed by atoms with E-state index in [1.165, 1.54) is 24.6 Å². The minimum absolute atomic E-state index is 0.00822. The predicted octanol–water partition coefficient (Wildman–Crippen LogP) is 4.65. The average molecular weight is 407 g/mol. The molecule has 1 aliphatic rings. The summed E-state index contributed by atoms with van der Waals surface area (Å²) in [6.45, 7) is 0. The van der Waals surface area contributed by atoms with Gasteiger partial charge in [0.1, 0.15) is 0 Å². The monoisotopic (exact) mass is 407 g/mol. The van der Waals surface area contributed by atoms with Crippen LogP contribution in [0.4, 0.5) is 11.4 Å². The van der Waals surface area contributed by atoms with E-state index in [2.05, 4.69) is 5.32 Å². The van der Waals surface area contributed by atoms with Gasteiger partial charge in [-0.15, -0.1) is 0 Å². The van der Waals surface area contributed by atoms with E-state index in [1.54, 1.807) is 47.4 Å². The van der Waals surface area contributed by atoms with Gasteiger partial charge >= 0.3 is 0 Å². The Bertz CT molecular complexity index is 947. The number of nitrogens with zero attached hydrogens (tertiary/aromatic N) is 2. The van der Waals surface area contributed by atoms with Gasteiger partial charge < -0.3 is 10.2 Å². The summed E-state index contributed by atoms with van der Waals surface area (Å²) in [6, 6.07) is 13.1. The lowest BCUT2D eigenvalue weighted by Gasteiger charge is -2.31. The summed E-state index contributed by atoms with van der Waals surface area (Å²) in [5, 5.41) is 13.5. The van der Waals surface area contributed by atoms with Gasteiger partial charge in [0.05, 0.1) is 16.2 Å². The minimum Gasteiger partial charge on any atom is -0.339 e. The van der Waals surface area contributed by atoms with Crippen molar-refractivity contribution in [3.63, 3.8) is 0 Å². The fraction of sp³-hybridized carbons (Fsp3) is 0.304.